The predicted octanol–water partition coefficient (Wildman–Crippen LogP) is -2.77. The summed E-state index contributed by atoms with van der Waals surface area (Å²) in [6, 6.07) is 0. The van der Waals surface area contributed by atoms with Crippen molar-refractivity contribution in [3.63, 3.8) is 0 Å². The summed E-state index contributed by atoms with van der Waals surface area (Å²) in [6.07, 6.45) is -1.83. The van der Waals surface area contributed by atoms with E-state index in [9.17, 15) is 14.4 Å². The third-order valence-electron chi connectivity index (χ3n) is 2.10. The quantitative estimate of drug-likeness (QED) is 0.227. The number of esters is 3. The Bertz CT molecular complexity index is 395. The second-order valence-electron chi connectivity index (χ2n) is 4.34. The third-order valence-corrected chi connectivity index (χ3v) is 2.10. The van der Waals surface area contributed by atoms with Crippen molar-refractivity contribution in [3.05, 3.63) is 0 Å². The summed E-state index contributed by atoms with van der Waals surface area (Å²) < 4.78 is 13.6. The largest absolute Gasteiger partial charge is 0.466 e. The van der Waals surface area contributed by atoms with E-state index in [1.54, 1.807) is 0 Å². The Kier molecular flexibility index (Phi) is 6.03. The Labute approximate surface area is 115 Å². The minimum Gasteiger partial charge on any atom is -0.466 e. The average molecular weight is 292 g/mol. The fraction of sp³-hybridized carbons (Fsp3) is 0.700. The van der Waals surface area contributed by atoms with Gasteiger partial charge in [-0.3, -0.25) is 16.3 Å². The van der Waals surface area contributed by atoms with Gasteiger partial charge < -0.3 is 25.7 Å². The molecule has 0 aromatic rings. The molecule has 20 heavy (non-hydrogen) atoms. The zero-order chi connectivity index (χ0) is 16.1. The van der Waals surface area contributed by atoms with Gasteiger partial charge in [0, 0.05) is 6.92 Å². The summed E-state index contributed by atoms with van der Waals surface area (Å²) in [4.78, 5) is 33.6. The lowest BCUT2D eigenvalue weighted by Crippen LogP contribution is -2.67. The molecule has 0 radical (unpaired) electrons. The third kappa shape index (κ3) is 5.93. The SMILES string of the molecule is COC(=O)C(C)OC(=O)C(N)(N)CC(N)(N)OC(C)=O. The van der Waals surface area contributed by atoms with Crippen LogP contribution in [0, 0.1) is 0 Å². The smallest absolute Gasteiger partial charge is 0.346 e. The molecule has 0 aliphatic rings. The highest BCUT2D eigenvalue weighted by atomic mass is 16.6. The van der Waals surface area contributed by atoms with Crippen molar-refractivity contribution in [1.82, 2.24) is 0 Å². The molecule has 1 unspecified atom stereocenters. The Morgan fingerprint density at radius 1 is 1.15 bits per heavy atom. The molecule has 0 aromatic carbocycles. The number of rotatable bonds is 6. The van der Waals surface area contributed by atoms with E-state index in [-0.39, 0.29) is 0 Å². The molecule has 0 fully saturated rings. The van der Waals surface area contributed by atoms with E-state index >= 15 is 0 Å². The fourth-order valence-electron chi connectivity index (χ4n) is 1.32. The van der Waals surface area contributed by atoms with Gasteiger partial charge in [-0.25, -0.2) is 9.59 Å². The van der Waals surface area contributed by atoms with E-state index in [2.05, 4.69) is 9.47 Å². The van der Waals surface area contributed by atoms with Crippen molar-refractivity contribution in [1.29, 1.82) is 0 Å². The second-order valence-corrected chi connectivity index (χ2v) is 4.34. The molecule has 0 heterocycles. The lowest BCUT2D eigenvalue weighted by molar-refractivity contribution is -0.172. The molecule has 10 heteroatoms. The maximum atomic E-state index is 11.7. The first-order chi connectivity index (χ1) is 8.91. The molecule has 0 spiro atoms. The van der Waals surface area contributed by atoms with Gasteiger partial charge in [-0.1, -0.05) is 0 Å². The number of methoxy groups -OCH3 is 1. The zero-order valence-corrected chi connectivity index (χ0v) is 11.5. The Hall–Kier alpha value is -1.75. The standard InChI is InChI=1S/C10H20N4O6/c1-5(7(16)18-3)19-8(17)9(11,12)4-10(13,14)20-6(2)15/h5H,4,11-14H2,1-3H3. The van der Waals surface area contributed by atoms with Crippen LogP contribution in [0.2, 0.25) is 0 Å². The summed E-state index contributed by atoms with van der Waals surface area (Å²) in [6.45, 7) is 2.34. The number of carbonyl (C=O) groups excluding carboxylic acids is 3. The molecule has 0 aromatic heterocycles. The van der Waals surface area contributed by atoms with Crippen molar-refractivity contribution >= 4 is 17.9 Å². The van der Waals surface area contributed by atoms with Gasteiger partial charge in [-0.2, -0.15) is 0 Å². The highest BCUT2D eigenvalue weighted by molar-refractivity contribution is 5.84. The highest BCUT2D eigenvalue weighted by Gasteiger charge is 2.41. The predicted molar refractivity (Wildman–Crippen MR) is 66.2 cm³/mol. The van der Waals surface area contributed by atoms with Crippen LogP contribution in [0.1, 0.15) is 20.3 Å². The van der Waals surface area contributed by atoms with E-state index in [0.717, 1.165) is 14.0 Å². The topological polar surface area (TPSA) is 183 Å². The summed E-state index contributed by atoms with van der Waals surface area (Å²) in [7, 11) is 1.12. The Morgan fingerprint density at radius 3 is 2.05 bits per heavy atom. The van der Waals surface area contributed by atoms with Crippen LogP contribution in [0.5, 0.6) is 0 Å². The maximum Gasteiger partial charge on any atom is 0.346 e. The summed E-state index contributed by atoms with van der Waals surface area (Å²) >= 11 is 0. The van der Waals surface area contributed by atoms with Crippen molar-refractivity contribution in [3.8, 4) is 0 Å². The average Bonchev–Trinajstić information content (AvgIpc) is 2.23. The molecule has 1 atom stereocenters. The van der Waals surface area contributed by atoms with E-state index < -0.39 is 41.9 Å². The first-order valence-electron chi connectivity index (χ1n) is 5.55. The van der Waals surface area contributed by atoms with Gasteiger partial charge >= 0.3 is 17.9 Å². The lowest BCUT2D eigenvalue weighted by Gasteiger charge is -2.31. The van der Waals surface area contributed by atoms with Gasteiger partial charge in [0.2, 0.25) is 5.85 Å². The van der Waals surface area contributed by atoms with Gasteiger partial charge in [0.25, 0.3) is 0 Å². The van der Waals surface area contributed by atoms with Gasteiger partial charge in [0.1, 0.15) is 0 Å². The molecule has 0 bridgehead atoms. The van der Waals surface area contributed by atoms with Crippen LogP contribution in [-0.4, -0.2) is 42.6 Å². The Morgan fingerprint density at radius 2 is 1.65 bits per heavy atom. The molecule has 116 valence electrons. The lowest BCUT2D eigenvalue weighted by atomic mass is 10.1. The normalized spacial score (nSPS) is 13.3. The van der Waals surface area contributed by atoms with Crippen LogP contribution in [0.25, 0.3) is 0 Å². The summed E-state index contributed by atoms with van der Waals surface area (Å²) in [5.41, 5.74) is 19.7. The van der Waals surface area contributed by atoms with E-state index in [1.165, 1.54) is 6.92 Å². The van der Waals surface area contributed by atoms with Crippen LogP contribution in [0.3, 0.4) is 0 Å². The number of nitrogens with two attached hydrogens (primary N) is 4. The van der Waals surface area contributed by atoms with Gasteiger partial charge in [-0.05, 0) is 6.92 Å². The molecular formula is C10H20N4O6. The van der Waals surface area contributed by atoms with Gasteiger partial charge in [-0.15, -0.1) is 0 Å². The molecule has 0 rings (SSSR count). The number of hydrogen-bond acceptors (Lipinski definition) is 10. The minimum absolute atomic E-state index is 0.619. The van der Waals surface area contributed by atoms with Crippen LogP contribution < -0.4 is 22.9 Å². The molecule has 0 amide bonds. The molecule has 0 saturated carbocycles. The zero-order valence-electron chi connectivity index (χ0n) is 11.5. The van der Waals surface area contributed by atoms with Crippen molar-refractivity contribution in [2.75, 3.05) is 7.11 Å². The molecule has 0 aliphatic heterocycles. The monoisotopic (exact) mass is 292 g/mol. The number of hydrogen-bond donors (Lipinski definition) is 4. The maximum absolute atomic E-state index is 11.7. The first kappa shape index (κ1) is 18.2. The molecule has 0 aliphatic carbocycles. The van der Waals surface area contributed by atoms with Crippen molar-refractivity contribution < 1.29 is 28.6 Å². The van der Waals surface area contributed by atoms with E-state index in [4.69, 9.17) is 27.7 Å². The summed E-state index contributed by atoms with van der Waals surface area (Å²) in [5.74, 6) is -4.77. The molecule has 8 N–H and O–H groups in total. The van der Waals surface area contributed by atoms with Crippen molar-refractivity contribution in [2.24, 2.45) is 22.9 Å². The fourth-order valence-corrected chi connectivity index (χ4v) is 1.32. The molecule has 0 saturated heterocycles. The Balaban J connectivity index is 4.75. The number of carbonyl (C=O) groups is 3. The van der Waals surface area contributed by atoms with E-state index in [0.29, 0.717) is 0 Å². The summed E-state index contributed by atoms with van der Waals surface area (Å²) in [5, 5.41) is 0. The first-order valence-corrected chi connectivity index (χ1v) is 5.55. The van der Waals surface area contributed by atoms with Crippen LogP contribution in [-0.2, 0) is 28.6 Å². The molecule has 10 nitrogen and oxygen atoms in total. The van der Waals surface area contributed by atoms with Crippen LogP contribution in [0.15, 0.2) is 0 Å². The van der Waals surface area contributed by atoms with E-state index in [1.807, 2.05) is 0 Å². The van der Waals surface area contributed by atoms with Crippen molar-refractivity contribution in [2.45, 2.75) is 37.9 Å². The second kappa shape index (κ2) is 6.61. The van der Waals surface area contributed by atoms with Crippen LogP contribution in [0.4, 0.5) is 0 Å². The van der Waals surface area contributed by atoms with Gasteiger partial charge in [0.05, 0.1) is 13.5 Å². The van der Waals surface area contributed by atoms with Gasteiger partial charge in [0.15, 0.2) is 11.8 Å². The minimum atomic E-state index is -2.15. The highest BCUT2D eigenvalue weighted by Crippen LogP contribution is 2.13. The van der Waals surface area contributed by atoms with Crippen LogP contribution >= 0.6 is 0 Å². The number of ether oxygens (including phenoxy) is 3. The molecular weight excluding hydrogens is 272 g/mol.